The Bertz CT molecular complexity index is 1110. The lowest BCUT2D eigenvalue weighted by atomic mass is 10.2. The summed E-state index contributed by atoms with van der Waals surface area (Å²) in [7, 11) is 0. The fourth-order valence-corrected chi connectivity index (χ4v) is 4.26. The SMILES string of the molecule is O=C(CCCN1C(=O)C(=Cc2ccccc2Cl)SC1=S)Nc1cc([N+](=O)[O-])ccc1O. The summed E-state index contributed by atoms with van der Waals surface area (Å²) >= 11 is 12.6. The van der Waals surface area contributed by atoms with Crippen molar-refractivity contribution in [2.24, 2.45) is 0 Å². The van der Waals surface area contributed by atoms with E-state index in [1.807, 2.05) is 6.07 Å². The first-order valence-electron chi connectivity index (χ1n) is 9.03. The number of rotatable bonds is 7. The summed E-state index contributed by atoms with van der Waals surface area (Å²) < 4.78 is 0.389. The largest absolute Gasteiger partial charge is 0.506 e. The van der Waals surface area contributed by atoms with Gasteiger partial charge in [0.15, 0.2) is 0 Å². The summed E-state index contributed by atoms with van der Waals surface area (Å²) in [6.45, 7) is 0.235. The van der Waals surface area contributed by atoms with Gasteiger partial charge < -0.3 is 10.4 Å². The molecule has 11 heteroatoms. The van der Waals surface area contributed by atoms with Gasteiger partial charge in [0.1, 0.15) is 10.1 Å². The third kappa shape index (κ3) is 5.60. The highest BCUT2D eigenvalue weighted by atomic mass is 35.5. The van der Waals surface area contributed by atoms with Gasteiger partial charge in [0.25, 0.3) is 11.6 Å². The number of carbonyl (C=O) groups is 2. The van der Waals surface area contributed by atoms with Crippen LogP contribution >= 0.6 is 35.6 Å². The van der Waals surface area contributed by atoms with E-state index in [1.54, 1.807) is 24.3 Å². The molecule has 1 fully saturated rings. The molecule has 2 N–H and O–H groups in total. The molecule has 1 heterocycles. The molecule has 1 saturated heterocycles. The second-order valence-electron chi connectivity index (χ2n) is 6.47. The van der Waals surface area contributed by atoms with E-state index in [-0.39, 0.29) is 36.0 Å². The normalized spacial score (nSPS) is 14.9. The van der Waals surface area contributed by atoms with E-state index >= 15 is 0 Å². The zero-order valence-electron chi connectivity index (χ0n) is 15.9. The lowest BCUT2D eigenvalue weighted by Crippen LogP contribution is -2.29. The molecule has 0 bridgehead atoms. The van der Waals surface area contributed by atoms with Crippen LogP contribution in [0.5, 0.6) is 5.75 Å². The molecule has 0 unspecified atom stereocenters. The molecule has 8 nitrogen and oxygen atoms in total. The minimum Gasteiger partial charge on any atom is -0.506 e. The maximum absolute atomic E-state index is 12.7. The predicted octanol–water partition coefficient (Wildman–Crippen LogP) is 4.57. The van der Waals surface area contributed by atoms with E-state index in [2.05, 4.69) is 5.32 Å². The smallest absolute Gasteiger partial charge is 0.271 e. The van der Waals surface area contributed by atoms with Gasteiger partial charge in [-0.2, -0.15) is 0 Å². The number of carbonyl (C=O) groups excluding carboxylic acids is 2. The summed E-state index contributed by atoms with van der Waals surface area (Å²) in [6, 6.07) is 10.5. The number of nitro groups is 1. The van der Waals surface area contributed by atoms with Gasteiger partial charge in [-0.25, -0.2) is 0 Å². The van der Waals surface area contributed by atoms with E-state index in [9.17, 15) is 24.8 Å². The van der Waals surface area contributed by atoms with Crippen LogP contribution in [0.1, 0.15) is 18.4 Å². The van der Waals surface area contributed by atoms with Crippen molar-refractivity contribution in [1.29, 1.82) is 0 Å². The quantitative estimate of drug-likeness (QED) is 0.197. The molecule has 0 radical (unpaired) electrons. The highest BCUT2D eigenvalue weighted by Crippen LogP contribution is 2.34. The lowest BCUT2D eigenvalue weighted by molar-refractivity contribution is -0.384. The number of phenols is 1. The fraction of sp³-hybridized carbons (Fsp3) is 0.150. The Hall–Kier alpha value is -2.95. The minimum absolute atomic E-state index is 0.0305. The van der Waals surface area contributed by atoms with Gasteiger partial charge in [0.2, 0.25) is 5.91 Å². The number of aromatic hydroxyl groups is 1. The first-order chi connectivity index (χ1) is 14.8. The van der Waals surface area contributed by atoms with Gasteiger partial charge in [-0.3, -0.25) is 24.6 Å². The molecule has 1 aliphatic heterocycles. The molecule has 0 atom stereocenters. The van der Waals surface area contributed by atoms with Gasteiger partial charge in [0.05, 0.1) is 15.5 Å². The number of phenolic OH excluding ortho intramolecular Hbond substituents is 1. The summed E-state index contributed by atoms with van der Waals surface area (Å²) in [5.41, 5.74) is 0.407. The molecule has 160 valence electrons. The molecule has 0 aliphatic carbocycles. The van der Waals surface area contributed by atoms with E-state index in [4.69, 9.17) is 23.8 Å². The van der Waals surface area contributed by atoms with E-state index in [1.165, 1.54) is 16.7 Å². The number of benzene rings is 2. The number of thiocarbonyl (C=S) groups is 1. The maximum Gasteiger partial charge on any atom is 0.271 e. The Morgan fingerprint density at radius 3 is 2.77 bits per heavy atom. The van der Waals surface area contributed by atoms with Crippen LogP contribution in [-0.4, -0.2) is 37.6 Å². The van der Waals surface area contributed by atoms with Gasteiger partial charge in [-0.05, 0) is 30.2 Å². The van der Waals surface area contributed by atoms with Gasteiger partial charge in [-0.1, -0.05) is 53.8 Å². The van der Waals surface area contributed by atoms with Crippen molar-refractivity contribution >= 4 is 69.2 Å². The van der Waals surface area contributed by atoms with Crippen molar-refractivity contribution in [3.05, 3.63) is 68.1 Å². The molecular weight excluding hydrogens is 462 g/mol. The number of hydrogen-bond donors (Lipinski definition) is 2. The van der Waals surface area contributed by atoms with Crippen molar-refractivity contribution in [2.75, 3.05) is 11.9 Å². The molecule has 2 amide bonds. The summed E-state index contributed by atoms with van der Waals surface area (Å²) in [4.78, 5) is 36.9. The Kier molecular flexibility index (Phi) is 7.26. The first-order valence-corrected chi connectivity index (χ1v) is 10.6. The molecule has 0 saturated carbocycles. The number of halogens is 1. The molecule has 0 aromatic heterocycles. The number of non-ortho nitro benzene ring substituents is 1. The summed E-state index contributed by atoms with van der Waals surface area (Å²) in [5.74, 6) is -0.986. The summed E-state index contributed by atoms with van der Waals surface area (Å²) in [5, 5.41) is 23.6. The lowest BCUT2D eigenvalue weighted by Gasteiger charge is -2.14. The predicted molar refractivity (Wildman–Crippen MR) is 124 cm³/mol. The molecule has 0 spiro atoms. The Balaban J connectivity index is 1.57. The van der Waals surface area contributed by atoms with E-state index in [0.29, 0.717) is 26.2 Å². The van der Waals surface area contributed by atoms with E-state index < -0.39 is 10.8 Å². The second-order valence-corrected chi connectivity index (χ2v) is 8.55. The van der Waals surface area contributed by atoms with Crippen LogP contribution < -0.4 is 5.32 Å². The number of nitrogens with one attached hydrogen (secondary N) is 1. The van der Waals surface area contributed by atoms with Gasteiger partial charge in [0, 0.05) is 30.1 Å². The number of nitrogens with zero attached hydrogens (tertiary/aromatic N) is 2. The van der Waals surface area contributed by atoms with Crippen molar-refractivity contribution in [2.45, 2.75) is 12.8 Å². The zero-order valence-corrected chi connectivity index (χ0v) is 18.3. The molecule has 31 heavy (non-hydrogen) atoms. The van der Waals surface area contributed by atoms with Crippen molar-refractivity contribution in [3.8, 4) is 5.75 Å². The highest BCUT2D eigenvalue weighted by molar-refractivity contribution is 8.26. The summed E-state index contributed by atoms with van der Waals surface area (Å²) in [6.07, 6.45) is 2.02. The van der Waals surface area contributed by atoms with Crippen LogP contribution in [0.15, 0.2) is 47.4 Å². The number of thioether (sulfide) groups is 1. The number of hydrogen-bond acceptors (Lipinski definition) is 7. The van der Waals surface area contributed by atoms with Crippen LogP contribution in [0.2, 0.25) is 5.02 Å². The third-order valence-corrected chi connectivity index (χ3v) is 6.04. The molecule has 3 rings (SSSR count). The van der Waals surface area contributed by atoms with Crippen LogP contribution in [-0.2, 0) is 9.59 Å². The molecule has 2 aromatic rings. The van der Waals surface area contributed by atoms with Crippen molar-refractivity contribution < 1.29 is 19.6 Å². The average molecular weight is 478 g/mol. The molecular formula is C20H16ClN3O5S2. The van der Waals surface area contributed by atoms with E-state index in [0.717, 1.165) is 18.2 Å². The Labute approximate surface area is 192 Å². The monoisotopic (exact) mass is 477 g/mol. The standard InChI is InChI=1S/C20H16ClN3O5S2/c21-14-5-2-1-4-12(14)10-17-19(27)23(20(30)31-17)9-3-6-18(26)22-15-11-13(24(28)29)7-8-16(15)25/h1-2,4-5,7-8,10-11,25H,3,6,9H2,(H,22,26). The van der Waals surface area contributed by atoms with Gasteiger partial charge >= 0.3 is 0 Å². The van der Waals surface area contributed by atoms with Crippen LogP contribution in [0.3, 0.4) is 0 Å². The number of anilines is 1. The average Bonchev–Trinajstić information content (AvgIpc) is 2.98. The fourth-order valence-electron chi connectivity index (χ4n) is 2.77. The van der Waals surface area contributed by atoms with Crippen LogP contribution in [0, 0.1) is 10.1 Å². The van der Waals surface area contributed by atoms with Crippen LogP contribution in [0.25, 0.3) is 6.08 Å². The minimum atomic E-state index is -0.625. The second kappa shape index (κ2) is 9.90. The third-order valence-electron chi connectivity index (χ3n) is 4.32. The van der Waals surface area contributed by atoms with Crippen LogP contribution in [0.4, 0.5) is 11.4 Å². The Morgan fingerprint density at radius 2 is 2.06 bits per heavy atom. The Morgan fingerprint density at radius 1 is 1.32 bits per heavy atom. The first kappa shape index (κ1) is 22.7. The zero-order chi connectivity index (χ0) is 22.5. The van der Waals surface area contributed by atoms with Crippen molar-refractivity contribution in [3.63, 3.8) is 0 Å². The van der Waals surface area contributed by atoms with Crippen molar-refractivity contribution in [1.82, 2.24) is 4.90 Å². The topological polar surface area (TPSA) is 113 Å². The molecule has 2 aromatic carbocycles. The number of nitro benzene ring substituents is 1. The highest BCUT2D eigenvalue weighted by Gasteiger charge is 2.31. The maximum atomic E-state index is 12.7. The van der Waals surface area contributed by atoms with Gasteiger partial charge in [-0.15, -0.1) is 0 Å². The molecule has 1 aliphatic rings. The number of amides is 2.